The van der Waals surface area contributed by atoms with Gasteiger partial charge in [0.05, 0.1) is 28.2 Å². The zero-order valence-corrected chi connectivity index (χ0v) is 52.4. The molecule has 0 aromatic heterocycles. The van der Waals surface area contributed by atoms with Crippen LogP contribution in [0.3, 0.4) is 0 Å². The Morgan fingerprint density at radius 1 is 0.730 bits per heavy atom. The second kappa shape index (κ2) is 33.0. The number of esters is 1. The first kappa shape index (κ1) is 70.9. The van der Waals surface area contributed by atoms with Gasteiger partial charge in [0.1, 0.15) is 48.1 Å². The van der Waals surface area contributed by atoms with Crippen LogP contribution >= 0.6 is 0 Å². The van der Waals surface area contributed by atoms with Crippen LogP contribution < -0.4 is 9.47 Å². The largest absolute Gasteiger partial charge is 0.514 e. The predicted molar refractivity (Wildman–Crippen MR) is 322 cm³/mol. The SMILES string of the molecule is CO[C@H]1C[C@@H]2CC[C@@H](C)[C@@](O)(O2)C(=O)C(=O)N2CCCC[C@H]2C(=O)O[C@H]([C@H](C)C[C@@H]2CC[C@@H](OC(=O)Oc3ccc([N+](=O)[O-])cc3)[C@H](OC)C2)C[C@@H](OC(=O)Oc2ccc([N+](=O)[O-])cc2)[C@H](C)/C=C(\C)[C@@H](O)[C@@H](OC)C(=O)[C@H](C)CC(C)/C=C/C=C/C=C/1C. The number of nitrogens with zero attached hydrogens (tertiary/aromatic N) is 3. The van der Waals surface area contributed by atoms with Gasteiger partial charge >= 0.3 is 18.3 Å². The average Bonchev–Trinajstić information content (AvgIpc) is 1.36. The first-order valence-electron chi connectivity index (χ1n) is 30.5. The molecule has 1 unspecified atom stereocenters. The highest BCUT2D eigenvalue weighted by Gasteiger charge is 2.53. The summed E-state index contributed by atoms with van der Waals surface area (Å²) in [6.07, 6.45) is 4.56. The Hall–Kier alpha value is -7.22. The van der Waals surface area contributed by atoms with Crippen molar-refractivity contribution in [2.75, 3.05) is 27.9 Å². The maximum atomic E-state index is 15.1. The van der Waals surface area contributed by atoms with Crippen molar-refractivity contribution in [1.82, 2.24) is 4.90 Å². The van der Waals surface area contributed by atoms with Crippen LogP contribution in [0, 0.1) is 55.7 Å². The Morgan fingerprint density at radius 2 is 1.35 bits per heavy atom. The fourth-order valence-corrected chi connectivity index (χ4v) is 12.3. The van der Waals surface area contributed by atoms with Crippen LogP contribution in [0.2, 0.25) is 0 Å². The summed E-state index contributed by atoms with van der Waals surface area (Å²) in [6, 6.07) is 8.30. The van der Waals surface area contributed by atoms with Crippen molar-refractivity contribution >= 4 is 47.1 Å². The van der Waals surface area contributed by atoms with Gasteiger partial charge in [0, 0.05) is 82.7 Å². The maximum absolute atomic E-state index is 15.1. The number of Topliss-reactive ketones (excluding diaryl/α,β-unsaturated/α-hetero) is 2. The number of nitro groups is 2. The quantitative estimate of drug-likeness (QED) is 0.0379. The van der Waals surface area contributed by atoms with E-state index in [1.165, 1.54) is 50.6 Å². The number of allylic oxidation sites excluding steroid dienone is 5. The summed E-state index contributed by atoms with van der Waals surface area (Å²) < 4.78 is 52.8. The maximum Gasteiger partial charge on any atom is 0.514 e. The van der Waals surface area contributed by atoms with E-state index in [-0.39, 0.29) is 71.9 Å². The van der Waals surface area contributed by atoms with E-state index in [1.54, 1.807) is 40.9 Å². The molecule has 89 heavy (non-hydrogen) atoms. The Bertz CT molecular complexity index is 2910. The molecule has 16 atom stereocenters. The number of hydrogen-bond donors (Lipinski definition) is 2. The summed E-state index contributed by atoms with van der Waals surface area (Å²) in [6.45, 7) is 12.3. The van der Waals surface area contributed by atoms with E-state index in [9.17, 15) is 54.4 Å². The smallest absolute Gasteiger partial charge is 0.460 e. The van der Waals surface area contributed by atoms with Crippen LogP contribution in [0.1, 0.15) is 126 Å². The van der Waals surface area contributed by atoms with Gasteiger partial charge in [0.15, 0.2) is 5.78 Å². The summed E-state index contributed by atoms with van der Waals surface area (Å²) in [4.78, 5) is 108. The third-order valence-corrected chi connectivity index (χ3v) is 17.6. The molecule has 1 amide bonds. The van der Waals surface area contributed by atoms with Crippen LogP contribution in [-0.2, 0) is 52.3 Å². The van der Waals surface area contributed by atoms with Crippen LogP contribution in [0.4, 0.5) is 21.0 Å². The number of carbonyl (C=O) groups excluding carboxylic acids is 6. The van der Waals surface area contributed by atoms with Crippen molar-refractivity contribution in [2.45, 2.75) is 186 Å². The van der Waals surface area contributed by atoms with Crippen LogP contribution in [0.15, 0.2) is 96.1 Å². The fraction of sp³-hybridized carbons (Fsp3) is 0.600. The van der Waals surface area contributed by atoms with Gasteiger partial charge in [-0.25, -0.2) is 14.4 Å². The van der Waals surface area contributed by atoms with E-state index < -0.39 is 124 Å². The molecule has 0 radical (unpaired) electrons. The molecule has 3 fully saturated rings. The number of amides is 1. The van der Waals surface area contributed by atoms with Crippen LogP contribution in [0.25, 0.3) is 0 Å². The molecule has 1 saturated carbocycles. The van der Waals surface area contributed by atoms with Gasteiger partial charge in [-0.05, 0) is 131 Å². The number of cyclic esters (lactones) is 1. The number of hydrogen-bond acceptors (Lipinski definition) is 21. The molecule has 0 spiro atoms. The molecule has 4 aliphatic rings. The molecule has 2 aromatic carbocycles. The van der Waals surface area contributed by atoms with Gasteiger partial charge in [0.25, 0.3) is 23.1 Å². The van der Waals surface area contributed by atoms with Gasteiger partial charge in [-0.1, -0.05) is 71.1 Å². The number of methoxy groups -OCH3 is 3. The normalized spacial score (nSPS) is 33.1. The summed E-state index contributed by atoms with van der Waals surface area (Å²) in [5.74, 6) is -9.25. The zero-order valence-electron chi connectivity index (χ0n) is 52.4. The third kappa shape index (κ3) is 19.4. The third-order valence-electron chi connectivity index (χ3n) is 17.6. The number of piperidine rings is 1. The number of fused-ring (bicyclic) bond motifs is 3. The van der Waals surface area contributed by atoms with Crippen LogP contribution in [0.5, 0.6) is 11.5 Å². The number of aliphatic hydroxyl groups excluding tert-OH is 1. The van der Waals surface area contributed by atoms with Gasteiger partial charge in [-0.15, -0.1) is 0 Å². The standard InChI is InChI=1S/C65H87N3O21/c1-38-16-12-11-13-17-39(2)53(81-8)36-50-25-19-44(7)65(76,89-50)60(71)61(72)66-31-15-14-18-51(66)62(73)86-54(41(4)34-45-20-30-52(56(35-45)82-9)87-63(74)84-48-26-21-46(22-27-48)67(77)78)37-55(88-64(75)85-49-28-23-47(24-29-49)68(79)80)40(3)33-43(6)58(70)59(83-10)57(69)42(5)32-38/h11-13,16-17,21-24,26-29,33,38,40-42,44-45,50-56,58-59,70,76H,14-15,18-20,25,30-32,34-37H2,1-10H3/b13-11+,16-12+,39-17+,43-33+/t38?,40-,41-,42-,44-,45+,50+,51+,52-,53+,54+,55-,56-,58-,59+,65-/m1/s1. The summed E-state index contributed by atoms with van der Waals surface area (Å²) in [5.41, 5.74) is 0.639. The molecular weight excluding hydrogens is 1160 g/mol. The predicted octanol–water partition coefficient (Wildman–Crippen LogP) is 10.2. The first-order chi connectivity index (χ1) is 42.3. The molecule has 2 bridgehead atoms. The Balaban J connectivity index is 1.36. The molecule has 1 aliphatic carbocycles. The highest BCUT2D eigenvalue weighted by atomic mass is 16.7. The number of carbonyl (C=O) groups is 6. The van der Waals surface area contributed by atoms with Crippen molar-refractivity contribution in [3.8, 4) is 11.5 Å². The minimum atomic E-state index is -2.55. The monoisotopic (exact) mass is 1250 g/mol. The molecule has 24 nitrogen and oxygen atoms in total. The number of non-ortho nitro benzene ring substituents is 2. The number of benzene rings is 2. The van der Waals surface area contributed by atoms with E-state index in [0.29, 0.717) is 57.8 Å². The first-order valence-corrected chi connectivity index (χ1v) is 30.5. The van der Waals surface area contributed by atoms with Crippen molar-refractivity contribution < 1.29 is 91.5 Å². The summed E-state index contributed by atoms with van der Waals surface area (Å²) in [5, 5.41) is 46.7. The molecule has 2 aromatic rings. The van der Waals surface area contributed by atoms with Crippen LogP contribution in [-0.4, -0.2) is 149 Å². The van der Waals surface area contributed by atoms with Crippen molar-refractivity contribution in [3.05, 3.63) is 116 Å². The number of ether oxygens (including phenoxy) is 9. The number of aliphatic hydroxyl groups is 2. The molecule has 6 rings (SSSR count). The molecular formula is C65H87N3O21. The fourth-order valence-electron chi connectivity index (χ4n) is 12.3. The molecule has 2 N–H and O–H groups in total. The van der Waals surface area contributed by atoms with Gasteiger partial charge in [-0.3, -0.25) is 34.6 Å². The lowest BCUT2D eigenvalue weighted by Crippen LogP contribution is -2.61. The van der Waals surface area contributed by atoms with Crippen molar-refractivity contribution in [3.63, 3.8) is 0 Å². The van der Waals surface area contributed by atoms with E-state index in [0.717, 1.165) is 22.6 Å². The number of nitro benzene ring substituents is 2. The molecule has 3 aliphatic heterocycles. The molecule has 488 valence electrons. The van der Waals surface area contributed by atoms with E-state index >= 15 is 4.79 Å². The number of ketones is 2. The lowest BCUT2D eigenvalue weighted by molar-refractivity contribution is -0.385. The Morgan fingerprint density at radius 3 is 1.93 bits per heavy atom. The van der Waals surface area contributed by atoms with Gasteiger partial charge in [-0.2, -0.15) is 0 Å². The highest BCUT2D eigenvalue weighted by molar-refractivity contribution is 6.39. The second-order valence-corrected chi connectivity index (χ2v) is 24.2. The van der Waals surface area contributed by atoms with Gasteiger partial charge < -0.3 is 57.7 Å². The lowest BCUT2D eigenvalue weighted by atomic mass is 9.78. The molecule has 3 heterocycles. The zero-order chi connectivity index (χ0) is 65.3. The summed E-state index contributed by atoms with van der Waals surface area (Å²) in [7, 11) is 4.33. The van der Waals surface area contributed by atoms with E-state index in [4.69, 9.17) is 42.6 Å². The van der Waals surface area contributed by atoms with E-state index in [1.807, 2.05) is 51.2 Å². The Labute approximate surface area is 519 Å². The van der Waals surface area contributed by atoms with Crippen molar-refractivity contribution in [2.24, 2.45) is 35.5 Å². The minimum absolute atomic E-state index is 0.0263. The molecule has 2 saturated heterocycles. The van der Waals surface area contributed by atoms with Gasteiger partial charge in [0.2, 0.25) is 5.79 Å². The second-order valence-electron chi connectivity index (χ2n) is 24.2. The average molecular weight is 1250 g/mol. The topological polar surface area (TPSA) is 315 Å². The minimum Gasteiger partial charge on any atom is -0.460 e. The molecule has 24 heteroatoms. The van der Waals surface area contributed by atoms with Crippen molar-refractivity contribution in [1.29, 1.82) is 0 Å². The van der Waals surface area contributed by atoms with E-state index in [2.05, 4.69) is 0 Å². The summed E-state index contributed by atoms with van der Waals surface area (Å²) >= 11 is 0. The number of rotatable bonds is 12. The Kier molecular flexibility index (Phi) is 26.3. The lowest BCUT2D eigenvalue weighted by Gasteiger charge is -2.43. The highest BCUT2D eigenvalue weighted by Crippen LogP contribution is 2.39.